The minimum absolute atomic E-state index is 0.250. The van der Waals surface area contributed by atoms with Crippen LogP contribution in [0.3, 0.4) is 0 Å². The average Bonchev–Trinajstić information content (AvgIpc) is 3.27. The summed E-state index contributed by atoms with van der Waals surface area (Å²) in [5, 5.41) is 0.524. The van der Waals surface area contributed by atoms with Crippen LogP contribution in [0.15, 0.2) is 24.3 Å². The van der Waals surface area contributed by atoms with Crippen LogP contribution >= 0.6 is 45.9 Å². The maximum atomic E-state index is 13.6. The van der Waals surface area contributed by atoms with Crippen molar-refractivity contribution in [3.8, 4) is 0 Å². The van der Waals surface area contributed by atoms with Crippen molar-refractivity contribution < 1.29 is 13.9 Å². The Balaban J connectivity index is 1.58. The van der Waals surface area contributed by atoms with Crippen LogP contribution < -0.4 is 4.90 Å². The summed E-state index contributed by atoms with van der Waals surface area (Å²) in [6, 6.07) is 6.00. The zero-order valence-electron chi connectivity index (χ0n) is 15.4. The Hall–Kier alpha value is -1.29. The summed E-state index contributed by atoms with van der Waals surface area (Å²) in [5.41, 5.74) is 1.02. The van der Waals surface area contributed by atoms with E-state index in [0.717, 1.165) is 50.6 Å². The van der Waals surface area contributed by atoms with E-state index in [4.69, 9.17) is 27.9 Å². The highest BCUT2D eigenvalue weighted by Crippen LogP contribution is 2.35. The first-order valence-corrected chi connectivity index (χ1v) is 11.5. The van der Waals surface area contributed by atoms with Gasteiger partial charge in [0.25, 0.3) is 5.91 Å². The van der Waals surface area contributed by atoms with Gasteiger partial charge in [-0.05, 0) is 30.7 Å². The van der Waals surface area contributed by atoms with Gasteiger partial charge in [-0.15, -0.1) is 11.3 Å². The second-order valence-corrected chi connectivity index (χ2v) is 9.91. The molecule has 4 rings (SSSR count). The fourth-order valence-electron chi connectivity index (χ4n) is 3.19. The van der Waals surface area contributed by atoms with Crippen LogP contribution in [0.5, 0.6) is 0 Å². The number of morpholine rings is 1. The molecule has 1 saturated heterocycles. The summed E-state index contributed by atoms with van der Waals surface area (Å²) in [6.45, 7) is 4.57. The number of ether oxygens (including phenoxy) is 1. The molecule has 0 bridgehead atoms. The highest BCUT2D eigenvalue weighted by Gasteiger charge is 2.25. The van der Waals surface area contributed by atoms with Gasteiger partial charge in [0.15, 0.2) is 5.13 Å². The van der Waals surface area contributed by atoms with Crippen LogP contribution in [0.2, 0.25) is 8.67 Å². The third kappa shape index (κ3) is 4.90. The van der Waals surface area contributed by atoms with Crippen molar-refractivity contribution in [2.24, 2.45) is 0 Å². The lowest BCUT2D eigenvalue weighted by Crippen LogP contribution is -2.39. The molecule has 5 nitrogen and oxygen atoms in total. The van der Waals surface area contributed by atoms with E-state index in [1.165, 1.54) is 23.5 Å². The molecule has 0 N–H and O–H groups in total. The molecule has 1 aliphatic rings. The second kappa shape index (κ2) is 9.24. The lowest BCUT2D eigenvalue weighted by atomic mass is 10.2. The van der Waals surface area contributed by atoms with Crippen LogP contribution in [-0.4, -0.2) is 55.2 Å². The number of anilines is 1. The maximum absolute atomic E-state index is 13.6. The van der Waals surface area contributed by atoms with E-state index in [1.807, 2.05) is 0 Å². The standard InChI is InChI=1S/C19H18Cl2FN3O2S2/c20-16-11-13(17(21)29-16)18(26)25(5-1-4-24-6-8-27-9-7-24)19-23-14-3-2-12(22)10-15(14)28-19/h2-3,10-11H,1,4-9H2. The van der Waals surface area contributed by atoms with E-state index in [0.29, 0.717) is 36.1 Å². The summed E-state index contributed by atoms with van der Waals surface area (Å²) in [4.78, 5) is 21.7. The van der Waals surface area contributed by atoms with Gasteiger partial charge >= 0.3 is 0 Å². The molecule has 1 aliphatic heterocycles. The minimum atomic E-state index is -0.328. The molecule has 0 saturated carbocycles. The van der Waals surface area contributed by atoms with Crippen LogP contribution in [0.4, 0.5) is 9.52 Å². The van der Waals surface area contributed by atoms with Gasteiger partial charge in [0.1, 0.15) is 10.2 Å². The zero-order chi connectivity index (χ0) is 20.4. The fraction of sp³-hybridized carbons (Fsp3) is 0.368. The number of thiazole rings is 1. The van der Waals surface area contributed by atoms with Crippen LogP contribution in [0, 0.1) is 5.82 Å². The number of fused-ring (bicyclic) bond motifs is 1. The highest BCUT2D eigenvalue weighted by atomic mass is 35.5. The molecule has 1 amide bonds. The third-order valence-electron chi connectivity index (χ3n) is 4.66. The fourth-order valence-corrected chi connectivity index (χ4v) is 5.66. The summed E-state index contributed by atoms with van der Waals surface area (Å²) < 4.78 is 20.5. The van der Waals surface area contributed by atoms with E-state index < -0.39 is 0 Å². The van der Waals surface area contributed by atoms with Gasteiger partial charge < -0.3 is 4.74 Å². The number of amides is 1. The van der Waals surface area contributed by atoms with Crippen molar-refractivity contribution in [3.63, 3.8) is 0 Å². The van der Waals surface area contributed by atoms with E-state index in [1.54, 1.807) is 17.0 Å². The molecule has 3 heterocycles. The molecule has 3 aromatic rings. The van der Waals surface area contributed by atoms with Crippen molar-refractivity contribution in [1.29, 1.82) is 0 Å². The number of carbonyl (C=O) groups excluding carboxylic acids is 1. The van der Waals surface area contributed by atoms with Gasteiger partial charge in [-0.2, -0.15) is 0 Å². The topological polar surface area (TPSA) is 45.7 Å². The number of thiophene rings is 1. The van der Waals surface area contributed by atoms with E-state index in [2.05, 4.69) is 9.88 Å². The number of halogens is 3. The van der Waals surface area contributed by atoms with E-state index >= 15 is 0 Å². The van der Waals surface area contributed by atoms with Gasteiger partial charge in [0.05, 0.1) is 33.3 Å². The quantitative estimate of drug-likeness (QED) is 0.495. The first-order chi connectivity index (χ1) is 14.0. The zero-order valence-corrected chi connectivity index (χ0v) is 18.5. The van der Waals surface area contributed by atoms with Crippen molar-refractivity contribution in [2.45, 2.75) is 6.42 Å². The summed E-state index contributed by atoms with van der Waals surface area (Å²) in [6.07, 6.45) is 0.769. The first kappa shape index (κ1) is 21.0. The summed E-state index contributed by atoms with van der Waals surface area (Å²) in [5.74, 6) is -0.579. The minimum Gasteiger partial charge on any atom is -0.379 e. The van der Waals surface area contributed by atoms with Gasteiger partial charge in [-0.1, -0.05) is 34.5 Å². The number of rotatable bonds is 6. The second-order valence-electron chi connectivity index (χ2n) is 6.61. The molecule has 0 aliphatic carbocycles. The smallest absolute Gasteiger partial charge is 0.262 e. The van der Waals surface area contributed by atoms with Crippen molar-refractivity contribution in [2.75, 3.05) is 44.3 Å². The number of benzene rings is 1. The highest BCUT2D eigenvalue weighted by molar-refractivity contribution is 7.22. The van der Waals surface area contributed by atoms with Crippen molar-refractivity contribution in [3.05, 3.63) is 44.3 Å². The van der Waals surface area contributed by atoms with E-state index in [9.17, 15) is 9.18 Å². The number of hydrogen-bond donors (Lipinski definition) is 0. The van der Waals surface area contributed by atoms with Crippen molar-refractivity contribution >= 4 is 67.1 Å². The lowest BCUT2D eigenvalue weighted by molar-refractivity contribution is 0.0376. The monoisotopic (exact) mass is 473 g/mol. The average molecular weight is 474 g/mol. The Kier molecular flexibility index (Phi) is 6.68. The Morgan fingerprint density at radius 3 is 2.76 bits per heavy atom. The molecule has 1 fully saturated rings. The summed E-state index contributed by atoms with van der Waals surface area (Å²) >= 11 is 14.7. The predicted octanol–water partition coefficient (Wildman–Crippen LogP) is 5.17. The molecule has 0 spiro atoms. The molecular formula is C19H18Cl2FN3O2S2. The molecule has 0 atom stereocenters. The van der Waals surface area contributed by atoms with Gasteiger partial charge in [0, 0.05) is 26.2 Å². The number of carbonyl (C=O) groups is 1. The maximum Gasteiger partial charge on any atom is 0.262 e. The SMILES string of the molecule is O=C(c1cc(Cl)sc1Cl)N(CCCN1CCOCC1)c1nc2ccc(F)cc2s1. The molecule has 0 radical (unpaired) electrons. The largest absolute Gasteiger partial charge is 0.379 e. The molecule has 10 heteroatoms. The third-order valence-corrected chi connectivity index (χ3v) is 7.19. The van der Waals surface area contributed by atoms with Crippen LogP contribution in [0.25, 0.3) is 10.2 Å². The number of nitrogens with zero attached hydrogens (tertiary/aromatic N) is 3. The molecule has 2 aromatic heterocycles. The van der Waals surface area contributed by atoms with Crippen LogP contribution in [-0.2, 0) is 4.74 Å². The Bertz CT molecular complexity index is 1020. The first-order valence-electron chi connectivity index (χ1n) is 9.14. The van der Waals surface area contributed by atoms with Gasteiger partial charge in [-0.3, -0.25) is 14.6 Å². The predicted molar refractivity (Wildman–Crippen MR) is 117 cm³/mol. The molecule has 1 aromatic carbocycles. The Labute approximate surface area is 185 Å². The van der Waals surface area contributed by atoms with E-state index in [-0.39, 0.29) is 11.7 Å². The molecule has 154 valence electrons. The lowest BCUT2D eigenvalue weighted by Gasteiger charge is -2.27. The van der Waals surface area contributed by atoms with Crippen molar-refractivity contribution in [1.82, 2.24) is 9.88 Å². The normalized spacial score (nSPS) is 15.1. The van der Waals surface area contributed by atoms with Gasteiger partial charge in [0.2, 0.25) is 0 Å². The number of hydrogen-bond acceptors (Lipinski definition) is 6. The molecular weight excluding hydrogens is 456 g/mol. The summed E-state index contributed by atoms with van der Waals surface area (Å²) in [7, 11) is 0. The Morgan fingerprint density at radius 2 is 2.03 bits per heavy atom. The Morgan fingerprint density at radius 1 is 1.24 bits per heavy atom. The molecule has 29 heavy (non-hydrogen) atoms. The van der Waals surface area contributed by atoms with Crippen LogP contribution in [0.1, 0.15) is 16.8 Å². The van der Waals surface area contributed by atoms with Gasteiger partial charge in [-0.25, -0.2) is 9.37 Å². The number of aromatic nitrogens is 1. The molecule has 0 unspecified atom stereocenters.